The molecule has 0 rings (SSSR count). The Labute approximate surface area is 87.7 Å². The minimum atomic E-state index is -0.272. The highest BCUT2D eigenvalue weighted by Gasteiger charge is 2.00. The molecule has 0 saturated carbocycles. The summed E-state index contributed by atoms with van der Waals surface area (Å²) in [5.41, 5.74) is 0.477. The molecule has 0 aromatic heterocycles. The smallest absolute Gasteiger partial charge is 0.333 e. The van der Waals surface area contributed by atoms with Gasteiger partial charge >= 0.3 is 5.97 Å². The fourth-order valence-electron chi connectivity index (χ4n) is 0.817. The molecule has 0 fully saturated rings. The van der Waals surface area contributed by atoms with Gasteiger partial charge in [-0.05, 0) is 13.3 Å². The van der Waals surface area contributed by atoms with Crippen molar-refractivity contribution in [2.45, 2.75) is 39.5 Å². The third-order valence-electron chi connectivity index (χ3n) is 1.58. The number of hydrogen-bond acceptors (Lipinski definition) is 2. The number of hydrogen-bond donors (Lipinski definition) is 0. The number of rotatable bonds is 6. The molecule has 0 aliphatic heterocycles. The third kappa shape index (κ3) is 11.0. The van der Waals surface area contributed by atoms with Gasteiger partial charge in [0.1, 0.15) is 0 Å². The normalized spacial score (nSPS) is 8.43. The van der Waals surface area contributed by atoms with Gasteiger partial charge in [0.25, 0.3) is 0 Å². The Morgan fingerprint density at radius 2 is 1.79 bits per heavy atom. The van der Waals surface area contributed by atoms with E-state index in [9.17, 15) is 4.79 Å². The van der Waals surface area contributed by atoms with Crippen molar-refractivity contribution < 1.29 is 9.53 Å². The quantitative estimate of drug-likeness (QED) is 0.282. The molecule has 0 aliphatic rings. The van der Waals surface area contributed by atoms with Crippen molar-refractivity contribution in [3.05, 3.63) is 25.3 Å². The second-order valence-corrected chi connectivity index (χ2v) is 2.98. The summed E-state index contributed by atoms with van der Waals surface area (Å²) in [6.07, 6.45) is 4.52. The zero-order chi connectivity index (χ0) is 11.4. The second-order valence-electron chi connectivity index (χ2n) is 2.98. The van der Waals surface area contributed by atoms with Crippen molar-refractivity contribution in [3.63, 3.8) is 0 Å². The highest BCUT2D eigenvalue weighted by atomic mass is 16.5. The van der Waals surface area contributed by atoms with E-state index in [1.165, 1.54) is 12.8 Å². The van der Waals surface area contributed by atoms with Crippen molar-refractivity contribution in [1.29, 1.82) is 0 Å². The van der Waals surface area contributed by atoms with Crippen LogP contribution in [0.4, 0.5) is 0 Å². The molecule has 0 aromatic rings. The van der Waals surface area contributed by atoms with E-state index in [1.807, 2.05) is 0 Å². The van der Waals surface area contributed by atoms with Gasteiger partial charge in [-0.3, -0.25) is 0 Å². The Morgan fingerprint density at radius 3 is 2.21 bits per heavy atom. The second kappa shape index (κ2) is 11.9. The maximum atomic E-state index is 10.9. The lowest BCUT2D eigenvalue weighted by Crippen LogP contribution is -2.05. The van der Waals surface area contributed by atoms with Crippen LogP contribution < -0.4 is 0 Å². The first kappa shape index (κ1) is 15.4. The molecule has 0 unspecified atom stereocenters. The zero-order valence-corrected chi connectivity index (χ0v) is 9.47. The average molecular weight is 198 g/mol. The predicted octanol–water partition coefficient (Wildman–Crippen LogP) is 3.49. The van der Waals surface area contributed by atoms with Gasteiger partial charge in [0.2, 0.25) is 0 Å². The number of carbonyl (C=O) groups is 1. The predicted molar refractivity (Wildman–Crippen MR) is 61.2 cm³/mol. The van der Waals surface area contributed by atoms with Crippen LogP contribution in [0, 0.1) is 0 Å². The maximum Gasteiger partial charge on any atom is 0.333 e. The Kier molecular flexibility index (Phi) is 13.2. The summed E-state index contributed by atoms with van der Waals surface area (Å²) < 4.78 is 4.91. The van der Waals surface area contributed by atoms with E-state index in [0.717, 1.165) is 12.8 Å². The topological polar surface area (TPSA) is 26.3 Å². The number of unbranched alkanes of at least 4 members (excludes halogenated alkanes) is 3. The van der Waals surface area contributed by atoms with E-state index >= 15 is 0 Å². The highest BCUT2D eigenvalue weighted by Crippen LogP contribution is 2.00. The Bertz CT molecular complexity index is 162. The number of ether oxygens (including phenoxy) is 1. The largest absolute Gasteiger partial charge is 0.462 e. The first-order valence-corrected chi connectivity index (χ1v) is 5.01. The molecule has 0 atom stereocenters. The van der Waals surface area contributed by atoms with Crippen LogP contribution >= 0.6 is 0 Å². The molecule has 2 heteroatoms. The van der Waals surface area contributed by atoms with E-state index in [2.05, 4.69) is 26.7 Å². The Hall–Kier alpha value is -1.05. The highest BCUT2D eigenvalue weighted by molar-refractivity contribution is 5.86. The molecule has 0 heterocycles. The van der Waals surface area contributed by atoms with Crippen LogP contribution in [0.3, 0.4) is 0 Å². The van der Waals surface area contributed by atoms with Crippen molar-refractivity contribution in [2.75, 3.05) is 6.61 Å². The molecule has 0 bridgehead atoms. The Balaban J connectivity index is 0. The lowest BCUT2D eigenvalue weighted by Gasteiger charge is -2.02. The van der Waals surface area contributed by atoms with Crippen molar-refractivity contribution >= 4 is 5.97 Å². The van der Waals surface area contributed by atoms with Gasteiger partial charge < -0.3 is 4.74 Å². The van der Waals surface area contributed by atoms with Gasteiger partial charge in [0, 0.05) is 5.57 Å². The minimum Gasteiger partial charge on any atom is -0.462 e. The van der Waals surface area contributed by atoms with Gasteiger partial charge in [-0.15, -0.1) is 13.2 Å². The Morgan fingerprint density at radius 1 is 1.21 bits per heavy atom. The van der Waals surface area contributed by atoms with Gasteiger partial charge in [0.15, 0.2) is 0 Å². The van der Waals surface area contributed by atoms with Crippen LogP contribution in [0.1, 0.15) is 39.5 Å². The summed E-state index contributed by atoms with van der Waals surface area (Å²) in [5, 5.41) is 0. The summed E-state index contributed by atoms with van der Waals surface area (Å²) in [6, 6.07) is 0. The van der Waals surface area contributed by atoms with Crippen LogP contribution in [0.15, 0.2) is 25.3 Å². The average Bonchev–Trinajstić information content (AvgIpc) is 2.20. The monoisotopic (exact) mass is 198 g/mol. The summed E-state index contributed by atoms with van der Waals surface area (Å²) in [5.74, 6) is -0.272. The summed E-state index contributed by atoms with van der Waals surface area (Å²) in [6.45, 7) is 13.8. The lowest BCUT2D eigenvalue weighted by molar-refractivity contribution is -0.139. The molecule has 0 N–H and O–H groups in total. The van der Waals surface area contributed by atoms with E-state index in [1.54, 1.807) is 6.92 Å². The molecule has 0 radical (unpaired) electrons. The van der Waals surface area contributed by atoms with E-state index in [0.29, 0.717) is 12.2 Å². The summed E-state index contributed by atoms with van der Waals surface area (Å²) in [7, 11) is 0. The van der Waals surface area contributed by atoms with Crippen LogP contribution in [-0.2, 0) is 9.53 Å². The third-order valence-corrected chi connectivity index (χ3v) is 1.58. The maximum absolute atomic E-state index is 10.9. The molecule has 0 amide bonds. The molecule has 14 heavy (non-hydrogen) atoms. The van der Waals surface area contributed by atoms with Crippen LogP contribution in [-0.4, -0.2) is 12.6 Å². The molecule has 0 saturated heterocycles. The first-order valence-electron chi connectivity index (χ1n) is 5.01. The number of carbonyl (C=O) groups excluding carboxylic acids is 1. The van der Waals surface area contributed by atoms with Crippen molar-refractivity contribution in [2.24, 2.45) is 0 Å². The fourth-order valence-corrected chi connectivity index (χ4v) is 0.817. The van der Waals surface area contributed by atoms with Gasteiger partial charge in [-0.25, -0.2) is 4.79 Å². The van der Waals surface area contributed by atoms with Crippen LogP contribution in [0.25, 0.3) is 0 Å². The summed E-state index contributed by atoms with van der Waals surface area (Å²) in [4.78, 5) is 10.9. The molecule has 0 spiro atoms. The van der Waals surface area contributed by atoms with Gasteiger partial charge in [0.05, 0.1) is 6.61 Å². The van der Waals surface area contributed by atoms with Crippen molar-refractivity contribution in [3.8, 4) is 0 Å². The number of esters is 1. The fraction of sp³-hybridized carbons (Fsp3) is 0.583. The van der Waals surface area contributed by atoms with E-state index in [4.69, 9.17) is 4.74 Å². The zero-order valence-electron chi connectivity index (χ0n) is 9.47. The van der Waals surface area contributed by atoms with Crippen molar-refractivity contribution in [1.82, 2.24) is 0 Å². The molecular formula is C12H22O2. The van der Waals surface area contributed by atoms with E-state index < -0.39 is 0 Å². The molecule has 82 valence electrons. The van der Waals surface area contributed by atoms with Gasteiger partial charge in [-0.1, -0.05) is 32.8 Å². The molecular weight excluding hydrogens is 176 g/mol. The molecule has 0 aliphatic carbocycles. The van der Waals surface area contributed by atoms with E-state index in [-0.39, 0.29) is 5.97 Å². The first-order chi connectivity index (χ1) is 6.68. The lowest BCUT2D eigenvalue weighted by atomic mass is 10.2. The van der Waals surface area contributed by atoms with Gasteiger partial charge in [-0.2, -0.15) is 0 Å². The van der Waals surface area contributed by atoms with Crippen LogP contribution in [0.2, 0.25) is 0 Å². The van der Waals surface area contributed by atoms with Crippen LogP contribution in [0.5, 0.6) is 0 Å². The minimum absolute atomic E-state index is 0.272. The summed E-state index contributed by atoms with van der Waals surface area (Å²) >= 11 is 0. The standard InChI is InChI=1S/C10H18O2.C2H4/c1-4-5-6-7-8-12-10(11)9(2)3;1-2/h2,4-8H2,1,3H3;1-2H2. The molecule has 0 aromatic carbocycles. The SMILES string of the molecule is C=C.C=C(C)C(=O)OCCCCCC. The molecule has 2 nitrogen and oxygen atoms in total.